The van der Waals surface area contributed by atoms with Crippen LogP contribution in [0.5, 0.6) is 0 Å². The van der Waals surface area contributed by atoms with Crippen molar-refractivity contribution in [1.82, 2.24) is 9.80 Å². The average molecular weight is 428 g/mol. The first kappa shape index (κ1) is 23.0. The molecule has 4 nitrogen and oxygen atoms in total. The molecule has 0 atom stereocenters. The molecule has 2 aliphatic rings. The Labute approximate surface area is 186 Å². The number of likely N-dealkylation sites (tertiary alicyclic amines) is 2. The highest BCUT2D eigenvalue weighted by atomic mass is 32.2. The maximum absolute atomic E-state index is 13.3. The first-order valence-electron chi connectivity index (χ1n) is 11.3. The van der Waals surface area contributed by atoms with Gasteiger partial charge in [0.05, 0.1) is 4.91 Å². The second kappa shape index (κ2) is 10.5. The van der Waals surface area contributed by atoms with E-state index >= 15 is 0 Å². The fraction of sp³-hybridized carbons (Fsp3) is 0.560. The molecular formula is C25H37N3OS. The third-order valence-electron chi connectivity index (χ3n) is 6.32. The molecule has 2 saturated heterocycles. The van der Waals surface area contributed by atoms with E-state index in [1.54, 1.807) is 0 Å². The van der Waals surface area contributed by atoms with Crippen LogP contribution in [0.4, 0.5) is 0 Å². The Morgan fingerprint density at radius 2 is 1.73 bits per heavy atom. The van der Waals surface area contributed by atoms with Crippen LogP contribution in [0.3, 0.4) is 0 Å². The van der Waals surface area contributed by atoms with E-state index in [-0.39, 0.29) is 5.91 Å². The van der Waals surface area contributed by atoms with Crippen LogP contribution >= 0.6 is 11.8 Å². The molecule has 0 aromatic heterocycles. The lowest BCUT2D eigenvalue weighted by Crippen LogP contribution is -2.48. The lowest BCUT2D eigenvalue weighted by molar-refractivity contribution is -0.128. The molecule has 0 unspecified atom stereocenters. The van der Waals surface area contributed by atoms with E-state index in [9.17, 15) is 4.79 Å². The number of hydrogen-bond donors (Lipinski definition) is 1. The first-order valence-corrected chi connectivity index (χ1v) is 12.2. The zero-order valence-corrected chi connectivity index (χ0v) is 19.6. The first-order chi connectivity index (χ1) is 14.4. The number of carbonyl (C=O) groups is 1. The van der Waals surface area contributed by atoms with Gasteiger partial charge < -0.3 is 15.5 Å². The van der Waals surface area contributed by atoms with Crippen molar-refractivity contribution in [3.8, 4) is 0 Å². The van der Waals surface area contributed by atoms with Gasteiger partial charge >= 0.3 is 0 Å². The van der Waals surface area contributed by atoms with Gasteiger partial charge in [0.2, 0.25) is 0 Å². The van der Waals surface area contributed by atoms with E-state index in [4.69, 9.17) is 5.73 Å². The molecule has 0 radical (unpaired) electrons. The molecule has 2 heterocycles. The Balaban J connectivity index is 1.65. The van der Waals surface area contributed by atoms with Crippen LogP contribution in [0.1, 0.15) is 69.9 Å². The highest BCUT2D eigenvalue weighted by molar-refractivity contribution is 8.12. The average Bonchev–Trinajstić information content (AvgIpc) is 2.77. The number of benzene rings is 1. The molecule has 0 spiro atoms. The zero-order valence-electron chi connectivity index (χ0n) is 18.8. The minimum atomic E-state index is 0.0558. The molecule has 3 rings (SSSR count). The molecule has 0 aliphatic carbocycles. The van der Waals surface area contributed by atoms with Gasteiger partial charge in [0.25, 0.3) is 5.91 Å². The van der Waals surface area contributed by atoms with Crippen LogP contribution in [0.15, 0.2) is 41.4 Å². The van der Waals surface area contributed by atoms with Crippen molar-refractivity contribution in [1.29, 1.82) is 0 Å². The van der Waals surface area contributed by atoms with E-state index in [1.165, 1.54) is 49.7 Å². The summed E-state index contributed by atoms with van der Waals surface area (Å²) in [4.78, 5) is 19.4. The molecule has 30 heavy (non-hydrogen) atoms. The van der Waals surface area contributed by atoms with Gasteiger partial charge in [-0.2, -0.15) is 0 Å². The molecule has 1 aromatic carbocycles. The summed E-state index contributed by atoms with van der Waals surface area (Å²) in [6.45, 7) is 14.5. The Morgan fingerprint density at radius 1 is 1.10 bits per heavy atom. The number of allylic oxidation sites excluding steroid dienone is 1. The van der Waals surface area contributed by atoms with Gasteiger partial charge in [-0.3, -0.25) is 4.79 Å². The van der Waals surface area contributed by atoms with E-state index in [1.807, 2.05) is 17.9 Å². The van der Waals surface area contributed by atoms with Crippen LogP contribution in [0, 0.1) is 0 Å². The minimum Gasteiger partial charge on any atom is -0.401 e. The predicted octanol–water partition coefficient (Wildman–Crippen LogP) is 5.18. The van der Waals surface area contributed by atoms with Crippen molar-refractivity contribution in [3.63, 3.8) is 0 Å². The van der Waals surface area contributed by atoms with Gasteiger partial charge in [0.1, 0.15) is 0 Å². The van der Waals surface area contributed by atoms with Gasteiger partial charge in [-0.05, 0) is 62.7 Å². The fourth-order valence-electron chi connectivity index (χ4n) is 4.59. The zero-order chi connectivity index (χ0) is 21.7. The second-order valence-electron chi connectivity index (χ2n) is 8.90. The summed E-state index contributed by atoms with van der Waals surface area (Å²) in [6, 6.07) is 8.93. The van der Waals surface area contributed by atoms with Crippen molar-refractivity contribution in [2.24, 2.45) is 5.73 Å². The lowest BCUT2D eigenvalue weighted by atomic mass is 9.97. The molecule has 0 bridgehead atoms. The standard InChI is InChI=1S/C25H37N3OS/c1-18(2)22-10-6-7-11-23(22)20(4)30-24(19(3)26)25(29)28-16-12-21(13-17-28)27-14-8-5-9-15-27/h6-7,10-11,18,21H,4-5,8-9,12-17,26H2,1-3H3/b24-19-. The smallest absolute Gasteiger partial charge is 0.262 e. The number of thioether (sulfide) groups is 1. The summed E-state index contributed by atoms with van der Waals surface area (Å²) in [5.41, 5.74) is 9.10. The normalized spacial score (nSPS) is 19.7. The highest BCUT2D eigenvalue weighted by Gasteiger charge is 2.30. The third-order valence-corrected chi connectivity index (χ3v) is 7.49. The summed E-state index contributed by atoms with van der Waals surface area (Å²) in [5, 5.41) is 0. The van der Waals surface area contributed by atoms with Gasteiger partial charge in [-0.15, -0.1) is 0 Å². The Bertz CT molecular complexity index is 783. The van der Waals surface area contributed by atoms with Gasteiger partial charge in [-0.1, -0.05) is 62.9 Å². The Morgan fingerprint density at radius 3 is 2.33 bits per heavy atom. The van der Waals surface area contributed by atoms with E-state index in [2.05, 4.69) is 43.5 Å². The Hall–Kier alpha value is -1.72. The fourth-order valence-corrected chi connectivity index (χ4v) is 5.51. The van der Waals surface area contributed by atoms with Crippen molar-refractivity contribution in [3.05, 3.63) is 52.6 Å². The molecule has 2 aliphatic heterocycles. The van der Waals surface area contributed by atoms with Crippen molar-refractivity contribution >= 4 is 22.6 Å². The number of carbonyl (C=O) groups excluding carboxylic acids is 1. The van der Waals surface area contributed by atoms with E-state index in [0.717, 1.165) is 36.4 Å². The number of rotatable bonds is 6. The van der Waals surface area contributed by atoms with Crippen LogP contribution in [0.2, 0.25) is 0 Å². The molecule has 1 amide bonds. The van der Waals surface area contributed by atoms with Crippen molar-refractivity contribution in [2.75, 3.05) is 26.2 Å². The van der Waals surface area contributed by atoms with Crippen molar-refractivity contribution < 1.29 is 4.79 Å². The van der Waals surface area contributed by atoms with Gasteiger partial charge in [-0.25, -0.2) is 0 Å². The number of piperidine rings is 2. The molecule has 5 heteroatoms. The number of nitrogens with zero attached hydrogens (tertiary/aromatic N) is 2. The molecule has 2 N–H and O–H groups in total. The molecular weight excluding hydrogens is 390 g/mol. The maximum Gasteiger partial charge on any atom is 0.262 e. The quantitative estimate of drug-likeness (QED) is 0.636. The monoisotopic (exact) mass is 427 g/mol. The summed E-state index contributed by atoms with van der Waals surface area (Å²) in [6.07, 6.45) is 6.11. The van der Waals surface area contributed by atoms with Crippen LogP contribution in [-0.2, 0) is 4.79 Å². The summed E-state index contributed by atoms with van der Waals surface area (Å²) in [7, 11) is 0. The van der Waals surface area contributed by atoms with Gasteiger partial charge in [0.15, 0.2) is 0 Å². The minimum absolute atomic E-state index is 0.0558. The van der Waals surface area contributed by atoms with Gasteiger partial charge in [0, 0.05) is 29.7 Å². The van der Waals surface area contributed by atoms with E-state index in [0.29, 0.717) is 22.6 Å². The van der Waals surface area contributed by atoms with Crippen LogP contribution in [0.25, 0.3) is 4.91 Å². The molecule has 0 saturated carbocycles. The summed E-state index contributed by atoms with van der Waals surface area (Å²) in [5.74, 6) is 0.453. The van der Waals surface area contributed by atoms with Crippen LogP contribution in [-0.4, -0.2) is 47.9 Å². The molecule has 164 valence electrons. The maximum atomic E-state index is 13.3. The molecule has 2 fully saturated rings. The number of amides is 1. The lowest BCUT2D eigenvalue weighted by Gasteiger charge is -2.40. The molecule has 1 aromatic rings. The topological polar surface area (TPSA) is 49.6 Å². The second-order valence-corrected chi connectivity index (χ2v) is 10.0. The number of hydrogen-bond acceptors (Lipinski definition) is 4. The SMILES string of the molecule is C=C(S/C(C(=O)N1CCC(N2CCCCC2)CC1)=C(/C)N)c1ccccc1C(C)C. The summed E-state index contributed by atoms with van der Waals surface area (Å²) >= 11 is 1.43. The summed E-state index contributed by atoms with van der Waals surface area (Å²) < 4.78 is 0. The highest BCUT2D eigenvalue weighted by Crippen LogP contribution is 2.38. The van der Waals surface area contributed by atoms with E-state index < -0.39 is 0 Å². The Kier molecular flexibility index (Phi) is 8.06. The third kappa shape index (κ3) is 5.50. The van der Waals surface area contributed by atoms with Crippen LogP contribution < -0.4 is 5.73 Å². The predicted molar refractivity (Wildman–Crippen MR) is 129 cm³/mol. The largest absolute Gasteiger partial charge is 0.401 e. The number of nitrogens with two attached hydrogens (primary N) is 1. The van der Waals surface area contributed by atoms with Crippen molar-refractivity contribution in [2.45, 2.75) is 64.8 Å².